The van der Waals surface area contributed by atoms with Gasteiger partial charge in [0.2, 0.25) is 35.4 Å². The molecule has 6 N–H and O–H groups in total. The van der Waals surface area contributed by atoms with E-state index in [4.69, 9.17) is 0 Å². The van der Waals surface area contributed by atoms with Crippen LogP contribution in [0.2, 0.25) is 0 Å². The molecule has 0 spiro atoms. The van der Waals surface area contributed by atoms with Crippen molar-refractivity contribution in [3.63, 3.8) is 0 Å². The molecule has 2 unspecified atom stereocenters. The van der Waals surface area contributed by atoms with E-state index in [2.05, 4.69) is 216 Å². The number of hydrogen-bond acceptors (Lipinski definition) is 8. The summed E-state index contributed by atoms with van der Waals surface area (Å²) in [6.45, 7) is 50.9. The van der Waals surface area contributed by atoms with Gasteiger partial charge in [-0.05, 0) is 303 Å². The molecule has 0 radical (unpaired) electrons. The lowest BCUT2D eigenvalue weighted by Crippen LogP contribution is -2.33. The van der Waals surface area contributed by atoms with Gasteiger partial charge in [0.05, 0.1) is 0 Å². The molecule has 14 nitrogen and oxygen atoms in total. The Bertz CT molecular complexity index is 4260. The average Bonchev–Trinajstić information content (AvgIpc) is 0.835. The van der Waals surface area contributed by atoms with Crippen LogP contribution in [0.15, 0.2) is 235 Å². The largest absolute Gasteiger partial charge is 0.356 e. The van der Waals surface area contributed by atoms with Gasteiger partial charge in [0.1, 0.15) is 0 Å². The van der Waals surface area contributed by atoms with Gasteiger partial charge in [-0.15, -0.1) is 0 Å². The number of carbonyl (C=O) groups excluding carboxylic acids is 8. The van der Waals surface area contributed by atoms with E-state index >= 15 is 0 Å². The number of unbranched alkanes of at least 4 members (excludes halogenated alkanes) is 8. The fraction of sp³-hybridized carbons (Fsp3) is 0.575. The van der Waals surface area contributed by atoms with Crippen LogP contribution in [0.25, 0.3) is 0 Å². The number of hydrogen-bond donors (Lipinski definition) is 6. The summed E-state index contributed by atoms with van der Waals surface area (Å²) in [5.41, 5.74) is 20.5. The monoisotopic (exact) mass is 1740 g/mol. The van der Waals surface area contributed by atoms with Gasteiger partial charge in [0, 0.05) is 88.9 Å². The van der Waals surface area contributed by atoms with Crippen molar-refractivity contribution >= 4 is 47.0 Å². The number of nitrogens with one attached hydrogen (secondary N) is 6. The first-order valence-corrected chi connectivity index (χ1v) is 48.5. The van der Waals surface area contributed by atoms with E-state index in [0.29, 0.717) is 90.6 Å². The van der Waals surface area contributed by atoms with Crippen molar-refractivity contribution < 1.29 is 38.4 Å². The van der Waals surface area contributed by atoms with Crippen LogP contribution < -0.4 is 31.9 Å². The Kier molecular flexibility index (Phi) is 54.3. The summed E-state index contributed by atoms with van der Waals surface area (Å²) in [5, 5.41) is 18.0. The van der Waals surface area contributed by atoms with Crippen LogP contribution in [0, 0.1) is 33.5 Å². The number of ketones is 2. The maximum absolute atomic E-state index is 13.4. The minimum absolute atomic E-state index is 0.0660. The van der Waals surface area contributed by atoms with E-state index in [1.54, 1.807) is 24.3 Å². The topological polar surface area (TPSA) is 209 Å². The smallest absolute Gasteiger partial charge is 0.244 e. The van der Waals surface area contributed by atoms with E-state index in [0.717, 1.165) is 109 Å². The molecule has 4 aliphatic carbocycles. The van der Waals surface area contributed by atoms with Crippen molar-refractivity contribution in [2.45, 2.75) is 351 Å². The van der Waals surface area contributed by atoms with Gasteiger partial charge in [0.15, 0.2) is 11.6 Å². The molecule has 0 aromatic carbocycles. The molecule has 702 valence electrons. The van der Waals surface area contributed by atoms with Crippen LogP contribution in [0.1, 0.15) is 351 Å². The molecule has 6 amide bonds. The zero-order valence-corrected chi connectivity index (χ0v) is 83.4. The molecule has 2 atom stereocenters. The Hall–Kier alpha value is -9.04. The maximum Gasteiger partial charge on any atom is 0.244 e. The average molecular weight is 1740 g/mol. The molecule has 0 aromatic heterocycles. The van der Waals surface area contributed by atoms with Crippen LogP contribution in [0.4, 0.5) is 0 Å². The molecule has 14 heteroatoms. The predicted molar refractivity (Wildman–Crippen MR) is 539 cm³/mol. The molecule has 0 aromatic rings. The van der Waals surface area contributed by atoms with E-state index in [-0.39, 0.29) is 81.5 Å². The fourth-order valence-electron chi connectivity index (χ4n) is 17.3. The van der Waals surface area contributed by atoms with Crippen molar-refractivity contribution in [2.75, 3.05) is 39.3 Å². The van der Waals surface area contributed by atoms with E-state index in [9.17, 15) is 38.4 Å². The molecule has 0 saturated carbocycles. The molecule has 0 aliphatic heterocycles. The molecule has 0 heterocycles. The van der Waals surface area contributed by atoms with Gasteiger partial charge < -0.3 is 31.9 Å². The molecular weight excluding hydrogens is 1570 g/mol. The zero-order chi connectivity index (χ0) is 94.4. The Balaban J connectivity index is 0.000000655. The quantitative estimate of drug-likeness (QED) is 0.0196. The van der Waals surface area contributed by atoms with Crippen molar-refractivity contribution in [1.82, 2.24) is 31.9 Å². The first-order valence-electron chi connectivity index (χ1n) is 48.5. The second kappa shape index (κ2) is 61.5. The third-order valence-electron chi connectivity index (χ3n) is 25.0. The zero-order valence-electron chi connectivity index (χ0n) is 83.4. The van der Waals surface area contributed by atoms with Gasteiger partial charge in [-0.3, -0.25) is 38.4 Å². The summed E-state index contributed by atoms with van der Waals surface area (Å²) in [6.07, 6.45) is 76.3. The summed E-state index contributed by atoms with van der Waals surface area (Å²) in [5.74, 6) is -1.38. The lowest BCUT2D eigenvalue weighted by atomic mass is 9.72. The number of rotatable bonds is 53. The van der Waals surface area contributed by atoms with E-state index in [1.165, 1.54) is 115 Å². The van der Waals surface area contributed by atoms with Gasteiger partial charge >= 0.3 is 0 Å². The molecule has 4 aliphatic rings. The van der Waals surface area contributed by atoms with Gasteiger partial charge in [-0.2, -0.15) is 0 Å². The van der Waals surface area contributed by atoms with Crippen molar-refractivity contribution in [1.29, 1.82) is 0 Å². The summed E-state index contributed by atoms with van der Waals surface area (Å²) in [4.78, 5) is 102. The summed E-state index contributed by atoms with van der Waals surface area (Å²) < 4.78 is 0. The third-order valence-corrected chi connectivity index (χ3v) is 25.0. The normalized spacial score (nSPS) is 18.2. The van der Waals surface area contributed by atoms with E-state index < -0.39 is 11.8 Å². The summed E-state index contributed by atoms with van der Waals surface area (Å²) in [7, 11) is 0. The summed E-state index contributed by atoms with van der Waals surface area (Å²) >= 11 is 0. The minimum Gasteiger partial charge on any atom is -0.356 e. The number of allylic oxidation sites excluding steroid dienone is 38. The Morgan fingerprint density at radius 3 is 0.866 bits per heavy atom. The minimum atomic E-state index is -0.461. The number of amides is 6. The lowest BCUT2D eigenvalue weighted by molar-refractivity contribution is -0.128. The SMILES string of the molecule is CCC(=O)NCCCCCCCNC(=O)C(CCCCNC(=O)/C=C(C)/C=C/C=C(C)/C=C/C1=C(C)CCCC1(C)C)CC(=O)/C=C(C)/C=C/C=C(C)/C=C/C1=C(C)CCCC1(C)C.CCCC(=O)NCCCCCNC(=O)C(CCCCNC(=O)/C=C(C)/C=C/C=C(C)/C=C/C1=C(C)CCCC1(C)C)CC(=O)/C=C(C)/C=C/C=C(C)/C=C/C1=C(C)CCCC1(C)C. The van der Waals surface area contributed by atoms with Crippen LogP contribution in [0.3, 0.4) is 0 Å². The second-order valence-electron chi connectivity index (χ2n) is 39.2. The van der Waals surface area contributed by atoms with Gasteiger partial charge in [-0.1, -0.05) is 267 Å². The molecule has 127 heavy (non-hydrogen) atoms. The first kappa shape index (κ1) is 112. The highest BCUT2D eigenvalue weighted by molar-refractivity contribution is 5.95. The standard InChI is InChI=1S/C57H87N3O4.C56H85N3O4/c1-12-53(62)58-37-17-14-13-15-18-39-60-55(64)49(42-50(61)40-45(4)26-20-24-43(2)31-33-51-47(6)28-22-35-56(51,8)9)30-16-19-38-59-54(63)41-46(5)27-21-25-44(3)32-34-52-48(7)29-23-36-57(52,10)11;1-12-22-52(61)57-36-15-13-16-38-59-54(63)48(41-49(60)39-44(4)25-18-23-42(2)30-32-50-46(6)27-20-34-55(50,8)9)29-14-17-37-58-53(62)40-45(5)26-19-24-43(3)31-33-51-47(7)28-21-35-56(51,10)11/h20-21,24-27,31-34,40-41,49H,12-19,22-23,28-30,35-39,42H2,1-11H3,(H,58,62)(H,59,63)(H,60,64);18-19,23-26,30-33,39-40,48H,12-17,20-22,27-29,34-38,41H2,1-11H3,(H,57,61)(H,58,62)(H,59,63)/b26-20+,27-21+,33-31+,34-32+,43-24+,44-25+,45-40+,46-41+;25-18+,26-19+,32-30+,33-31+,42-23+,43-24+,44-39+,45-40+. The second-order valence-corrected chi connectivity index (χ2v) is 39.2. The predicted octanol–water partition coefficient (Wildman–Crippen LogP) is 26.6. The summed E-state index contributed by atoms with van der Waals surface area (Å²) in [6, 6.07) is 0. The first-order chi connectivity index (χ1) is 60.2. The van der Waals surface area contributed by atoms with Crippen LogP contribution in [-0.2, 0) is 38.4 Å². The molecule has 4 rings (SSSR count). The van der Waals surface area contributed by atoms with Crippen LogP contribution in [0.5, 0.6) is 0 Å². The highest BCUT2D eigenvalue weighted by atomic mass is 16.2. The van der Waals surface area contributed by atoms with E-state index in [1.807, 2.05) is 90.2 Å². The Labute approximate surface area is 771 Å². The number of carbonyl (C=O) groups is 8. The molecule has 0 fully saturated rings. The van der Waals surface area contributed by atoms with Gasteiger partial charge in [-0.25, -0.2) is 0 Å². The Morgan fingerprint density at radius 2 is 0.575 bits per heavy atom. The lowest BCUT2D eigenvalue weighted by Gasteiger charge is -2.33. The van der Waals surface area contributed by atoms with Crippen molar-refractivity contribution in [3.05, 3.63) is 235 Å². The maximum atomic E-state index is 13.4. The highest BCUT2D eigenvalue weighted by Crippen LogP contribution is 2.44. The molecular formula is C113H172N6O8. The van der Waals surface area contributed by atoms with Crippen LogP contribution >= 0.6 is 0 Å². The van der Waals surface area contributed by atoms with Crippen molar-refractivity contribution in [3.8, 4) is 0 Å². The fourth-order valence-corrected chi connectivity index (χ4v) is 17.3. The molecule has 0 bridgehead atoms. The van der Waals surface area contributed by atoms with Gasteiger partial charge in [0.25, 0.3) is 0 Å². The van der Waals surface area contributed by atoms with Crippen molar-refractivity contribution in [2.24, 2.45) is 33.5 Å². The molecule has 0 saturated heterocycles. The van der Waals surface area contributed by atoms with Crippen LogP contribution in [-0.4, -0.2) is 86.3 Å². The third kappa shape index (κ3) is 48.8. The Morgan fingerprint density at radius 1 is 0.315 bits per heavy atom. The highest BCUT2D eigenvalue weighted by Gasteiger charge is 2.31.